The predicted molar refractivity (Wildman–Crippen MR) is 167 cm³/mol. The van der Waals surface area contributed by atoms with Gasteiger partial charge in [-0.3, -0.25) is 9.59 Å². The third kappa shape index (κ3) is 23.2. The van der Waals surface area contributed by atoms with E-state index in [0.717, 1.165) is 24.2 Å². The number of ether oxygens (including phenoxy) is 6. The summed E-state index contributed by atoms with van der Waals surface area (Å²) >= 11 is 0. The highest BCUT2D eigenvalue weighted by molar-refractivity contribution is 5.83. The summed E-state index contributed by atoms with van der Waals surface area (Å²) in [5.41, 5.74) is 1.74. The van der Waals surface area contributed by atoms with Crippen molar-refractivity contribution in [1.29, 1.82) is 0 Å². The zero-order valence-corrected chi connectivity index (χ0v) is 27.0. The Morgan fingerprint density at radius 1 is 0.733 bits per heavy atom. The number of phenols is 1. The number of phenolic OH excluding ortho intramolecular Hbond substituents is 1. The quantitative estimate of drug-likeness (QED) is 0.0909. The molecule has 13 heteroatoms. The Morgan fingerprint density at radius 2 is 1.27 bits per heavy atom. The van der Waals surface area contributed by atoms with Crippen LogP contribution in [0.1, 0.15) is 56.6 Å². The minimum absolute atomic E-state index is 0.0428. The average Bonchev–Trinajstić information content (AvgIpc) is 3.01. The normalized spacial score (nSPS) is 11.8. The highest BCUT2D eigenvalue weighted by atomic mass is 16.6. The standard InChI is InChI=1S/C32H54N2O11/c1-3-13-40-15-17-42-19-21-44-23-24-45-22-20-43-18-16-41-14-11-31(37)34-28(32(38)39)6-4-5-12-33-30(36)10-8-27-7-9-29(35)26(2)25-27/h7,9,25,28,35H,3-6,8,10-24H2,1-2H3,(H,33,36)(H,34,37)(H,38,39). The Morgan fingerprint density at radius 3 is 1.78 bits per heavy atom. The lowest BCUT2D eigenvalue weighted by Crippen LogP contribution is -2.41. The Balaban J connectivity index is 1.94. The summed E-state index contributed by atoms with van der Waals surface area (Å²) < 4.78 is 32.4. The molecule has 0 aliphatic rings. The number of rotatable bonds is 30. The highest BCUT2D eigenvalue weighted by Gasteiger charge is 2.19. The van der Waals surface area contributed by atoms with E-state index in [1.807, 2.05) is 6.07 Å². The zero-order chi connectivity index (χ0) is 33.0. The molecule has 0 aliphatic heterocycles. The predicted octanol–water partition coefficient (Wildman–Crippen LogP) is 2.39. The van der Waals surface area contributed by atoms with Crippen LogP contribution in [0.3, 0.4) is 0 Å². The lowest BCUT2D eigenvalue weighted by Gasteiger charge is -2.15. The number of carbonyl (C=O) groups is 3. The van der Waals surface area contributed by atoms with Crippen LogP contribution in [0, 0.1) is 6.92 Å². The Kier molecular flexibility index (Phi) is 24.6. The van der Waals surface area contributed by atoms with Crippen LogP contribution in [0.2, 0.25) is 0 Å². The summed E-state index contributed by atoms with van der Waals surface area (Å²) in [7, 11) is 0. The van der Waals surface area contributed by atoms with Crippen molar-refractivity contribution in [1.82, 2.24) is 10.6 Å². The third-order valence-electron chi connectivity index (χ3n) is 6.46. The molecule has 258 valence electrons. The average molecular weight is 643 g/mol. The molecule has 0 aromatic heterocycles. The van der Waals surface area contributed by atoms with Gasteiger partial charge in [0.25, 0.3) is 0 Å². The number of aryl methyl sites for hydroxylation is 2. The van der Waals surface area contributed by atoms with E-state index in [9.17, 15) is 24.6 Å². The second-order valence-corrected chi connectivity index (χ2v) is 10.3. The molecule has 0 radical (unpaired) electrons. The first-order valence-electron chi connectivity index (χ1n) is 15.9. The van der Waals surface area contributed by atoms with E-state index in [1.54, 1.807) is 19.1 Å². The van der Waals surface area contributed by atoms with Gasteiger partial charge < -0.3 is 49.3 Å². The van der Waals surface area contributed by atoms with E-state index in [-0.39, 0.29) is 31.1 Å². The number of unbranched alkanes of at least 4 members (excludes halogenated alkanes) is 1. The first-order valence-corrected chi connectivity index (χ1v) is 15.9. The van der Waals surface area contributed by atoms with Gasteiger partial charge >= 0.3 is 5.97 Å². The maximum atomic E-state index is 12.2. The van der Waals surface area contributed by atoms with Gasteiger partial charge in [0, 0.05) is 26.0 Å². The summed E-state index contributed by atoms with van der Waals surface area (Å²) in [4.78, 5) is 35.8. The second-order valence-electron chi connectivity index (χ2n) is 10.3. The van der Waals surface area contributed by atoms with Gasteiger partial charge in [0.15, 0.2) is 0 Å². The van der Waals surface area contributed by atoms with Crippen LogP contribution in [-0.2, 0) is 49.2 Å². The van der Waals surface area contributed by atoms with Crippen LogP contribution in [0.4, 0.5) is 0 Å². The van der Waals surface area contributed by atoms with Gasteiger partial charge in [0.1, 0.15) is 11.8 Å². The number of aliphatic carboxylic acids is 1. The molecule has 1 aromatic rings. The van der Waals surface area contributed by atoms with E-state index >= 15 is 0 Å². The van der Waals surface area contributed by atoms with E-state index in [4.69, 9.17) is 28.4 Å². The molecule has 4 N–H and O–H groups in total. The van der Waals surface area contributed by atoms with Crippen LogP contribution in [0.25, 0.3) is 0 Å². The lowest BCUT2D eigenvalue weighted by atomic mass is 10.1. The molecule has 13 nitrogen and oxygen atoms in total. The Labute approximate surface area is 267 Å². The van der Waals surface area contributed by atoms with Crippen LogP contribution in [0.15, 0.2) is 18.2 Å². The fourth-order valence-electron chi connectivity index (χ4n) is 3.96. The molecule has 1 aromatic carbocycles. The topological polar surface area (TPSA) is 171 Å². The van der Waals surface area contributed by atoms with Crippen LogP contribution in [-0.4, -0.2) is 120 Å². The first kappa shape index (κ1) is 40.2. The molecule has 0 saturated carbocycles. The number of amides is 2. The van der Waals surface area contributed by atoms with Crippen molar-refractivity contribution in [3.8, 4) is 5.75 Å². The summed E-state index contributed by atoms with van der Waals surface area (Å²) in [5.74, 6) is -1.36. The van der Waals surface area contributed by atoms with Crippen molar-refractivity contribution in [3.63, 3.8) is 0 Å². The maximum Gasteiger partial charge on any atom is 0.326 e. The van der Waals surface area contributed by atoms with Crippen LogP contribution < -0.4 is 10.6 Å². The fraction of sp³-hybridized carbons (Fsp3) is 0.719. The van der Waals surface area contributed by atoms with Gasteiger partial charge in [-0.25, -0.2) is 4.79 Å². The van der Waals surface area contributed by atoms with E-state index in [1.165, 1.54) is 0 Å². The molecule has 1 rings (SSSR count). The van der Waals surface area contributed by atoms with Crippen molar-refractivity contribution >= 4 is 17.8 Å². The number of carbonyl (C=O) groups excluding carboxylic acids is 2. The van der Waals surface area contributed by atoms with E-state index in [0.29, 0.717) is 98.3 Å². The van der Waals surface area contributed by atoms with Gasteiger partial charge in [-0.2, -0.15) is 0 Å². The summed E-state index contributed by atoms with van der Waals surface area (Å²) in [6, 6.07) is 4.27. The molecule has 0 saturated heterocycles. The lowest BCUT2D eigenvalue weighted by molar-refractivity contribution is -0.142. The SMILES string of the molecule is CCCOCCOCCOCCOCCOCCOCCC(=O)NC(CCCCNC(=O)CCc1ccc(O)c(C)c1)C(=O)O. The molecule has 1 atom stereocenters. The van der Waals surface area contributed by atoms with Crippen molar-refractivity contribution < 1.29 is 53.0 Å². The number of carboxylic acid groups (broad SMARTS) is 1. The van der Waals surface area contributed by atoms with Crippen molar-refractivity contribution in [2.75, 3.05) is 85.8 Å². The minimum atomic E-state index is -1.10. The Hall–Kier alpha value is -2.81. The smallest absolute Gasteiger partial charge is 0.326 e. The van der Waals surface area contributed by atoms with Gasteiger partial charge in [-0.1, -0.05) is 19.1 Å². The monoisotopic (exact) mass is 642 g/mol. The van der Waals surface area contributed by atoms with Crippen molar-refractivity contribution in [3.05, 3.63) is 29.3 Å². The highest BCUT2D eigenvalue weighted by Crippen LogP contribution is 2.17. The third-order valence-corrected chi connectivity index (χ3v) is 6.46. The Bertz CT molecular complexity index is 932. The molecule has 0 heterocycles. The second kappa shape index (κ2) is 27.5. The summed E-state index contributed by atoms with van der Waals surface area (Å²) in [5, 5.41) is 24.4. The fourth-order valence-corrected chi connectivity index (χ4v) is 3.96. The van der Waals surface area contributed by atoms with Crippen molar-refractivity contribution in [2.45, 2.75) is 64.8 Å². The molecule has 0 bridgehead atoms. The number of carboxylic acids is 1. The molecule has 1 unspecified atom stereocenters. The summed E-state index contributed by atoms with van der Waals surface area (Å²) in [6.07, 6.45) is 3.32. The number of hydrogen-bond acceptors (Lipinski definition) is 10. The number of nitrogens with one attached hydrogen (secondary N) is 2. The molecule has 2 amide bonds. The van der Waals surface area contributed by atoms with Crippen LogP contribution >= 0.6 is 0 Å². The molecule has 0 aliphatic carbocycles. The maximum absolute atomic E-state index is 12.2. The van der Waals surface area contributed by atoms with Gasteiger partial charge in [0.2, 0.25) is 11.8 Å². The minimum Gasteiger partial charge on any atom is -0.508 e. The van der Waals surface area contributed by atoms with Crippen molar-refractivity contribution in [2.24, 2.45) is 0 Å². The van der Waals surface area contributed by atoms with E-state index < -0.39 is 17.9 Å². The van der Waals surface area contributed by atoms with Gasteiger partial charge in [-0.15, -0.1) is 0 Å². The van der Waals surface area contributed by atoms with Gasteiger partial charge in [0.05, 0.1) is 72.7 Å². The van der Waals surface area contributed by atoms with Gasteiger partial charge in [-0.05, 0) is 56.2 Å². The molecule has 0 spiro atoms. The number of hydrogen-bond donors (Lipinski definition) is 4. The molecular weight excluding hydrogens is 588 g/mol. The first-order chi connectivity index (χ1) is 21.8. The van der Waals surface area contributed by atoms with E-state index in [2.05, 4.69) is 17.6 Å². The zero-order valence-electron chi connectivity index (χ0n) is 27.0. The number of aromatic hydroxyl groups is 1. The molecular formula is C32H54N2O11. The molecule has 45 heavy (non-hydrogen) atoms. The largest absolute Gasteiger partial charge is 0.508 e. The van der Waals surface area contributed by atoms with Crippen LogP contribution in [0.5, 0.6) is 5.75 Å². The molecule has 0 fully saturated rings. The number of benzene rings is 1. The summed E-state index contributed by atoms with van der Waals surface area (Å²) in [6.45, 7) is 9.84.